The highest BCUT2D eigenvalue weighted by Gasteiger charge is 2.31. The number of halogens is 1. The molecule has 5 nitrogen and oxygen atoms in total. The molecule has 1 unspecified atom stereocenters. The summed E-state index contributed by atoms with van der Waals surface area (Å²) in [6.07, 6.45) is 0.826. The van der Waals surface area contributed by atoms with Crippen LogP contribution in [0.25, 0.3) is 0 Å². The Bertz CT molecular complexity index is 1180. The van der Waals surface area contributed by atoms with Gasteiger partial charge in [0.15, 0.2) is 16.6 Å². The number of aryl methyl sites for hydroxylation is 2. The zero-order chi connectivity index (χ0) is 24.2. The summed E-state index contributed by atoms with van der Waals surface area (Å²) in [7, 11) is 3.31. The minimum atomic E-state index is -0.108. The Morgan fingerprint density at radius 2 is 1.74 bits per heavy atom. The van der Waals surface area contributed by atoms with Crippen LogP contribution in [0.2, 0.25) is 5.02 Å². The van der Waals surface area contributed by atoms with Gasteiger partial charge in [0.25, 0.3) is 0 Å². The van der Waals surface area contributed by atoms with Crippen LogP contribution in [0.3, 0.4) is 0 Å². The van der Waals surface area contributed by atoms with Gasteiger partial charge < -0.3 is 24.4 Å². The molecule has 0 saturated carbocycles. The molecule has 1 N–H and O–H groups in total. The molecule has 1 aliphatic heterocycles. The first kappa shape index (κ1) is 24.2. The van der Waals surface area contributed by atoms with Gasteiger partial charge in [-0.15, -0.1) is 0 Å². The molecule has 3 aromatic rings. The number of fused-ring (bicyclic) bond motifs is 1. The molecule has 0 spiro atoms. The highest BCUT2D eigenvalue weighted by atomic mass is 35.5. The number of methoxy groups -OCH3 is 2. The molecular formula is C27H29ClN2O3S. The molecule has 3 aromatic carbocycles. The van der Waals surface area contributed by atoms with Gasteiger partial charge in [-0.3, -0.25) is 0 Å². The zero-order valence-corrected chi connectivity index (χ0v) is 21.4. The lowest BCUT2D eigenvalue weighted by Gasteiger charge is -2.39. The number of ether oxygens (including phenoxy) is 3. The van der Waals surface area contributed by atoms with Gasteiger partial charge in [-0.2, -0.15) is 0 Å². The van der Waals surface area contributed by atoms with Crippen LogP contribution in [0.1, 0.15) is 28.3 Å². The van der Waals surface area contributed by atoms with Gasteiger partial charge in [-0.05, 0) is 97.2 Å². The van der Waals surface area contributed by atoms with Crippen LogP contribution in [-0.4, -0.2) is 37.4 Å². The van der Waals surface area contributed by atoms with Crippen molar-refractivity contribution in [2.45, 2.75) is 26.3 Å². The molecular weight excluding hydrogens is 468 g/mol. The van der Waals surface area contributed by atoms with Gasteiger partial charge in [-0.25, -0.2) is 0 Å². The van der Waals surface area contributed by atoms with E-state index in [2.05, 4.69) is 48.3 Å². The molecule has 0 radical (unpaired) electrons. The van der Waals surface area contributed by atoms with E-state index >= 15 is 0 Å². The highest BCUT2D eigenvalue weighted by molar-refractivity contribution is 7.80. The van der Waals surface area contributed by atoms with Gasteiger partial charge in [0.2, 0.25) is 0 Å². The van der Waals surface area contributed by atoms with Crippen LogP contribution in [-0.2, 0) is 6.42 Å². The second kappa shape index (κ2) is 10.5. The van der Waals surface area contributed by atoms with E-state index in [4.69, 9.17) is 38.0 Å². The molecule has 0 aliphatic carbocycles. The summed E-state index contributed by atoms with van der Waals surface area (Å²) in [5, 5.41) is 4.62. The molecule has 1 heterocycles. The molecule has 0 aromatic heterocycles. The average molecular weight is 497 g/mol. The van der Waals surface area contributed by atoms with Crippen LogP contribution in [0.4, 0.5) is 5.69 Å². The number of thiocarbonyl (C=S) groups is 1. The summed E-state index contributed by atoms with van der Waals surface area (Å²) < 4.78 is 17.5. The molecule has 0 amide bonds. The van der Waals surface area contributed by atoms with E-state index in [1.165, 1.54) is 16.7 Å². The van der Waals surface area contributed by atoms with Crippen molar-refractivity contribution in [3.63, 3.8) is 0 Å². The van der Waals surface area contributed by atoms with E-state index in [0.29, 0.717) is 22.5 Å². The first-order chi connectivity index (χ1) is 16.4. The Kier molecular flexibility index (Phi) is 7.49. The quantitative estimate of drug-likeness (QED) is 0.401. The van der Waals surface area contributed by atoms with Crippen molar-refractivity contribution in [2.24, 2.45) is 0 Å². The predicted molar refractivity (Wildman–Crippen MR) is 142 cm³/mol. The summed E-state index contributed by atoms with van der Waals surface area (Å²) in [5.74, 6) is 2.26. The van der Waals surface area contributed by atoms with Gasteiger partial charge in [0.05, 0.1) is 20.3 Å². The molecule has 0 saturated heterocycles. The Morgan fingerprint density at radius 1 is 1.03 bits per heavy atom. The highest BCUT2D eigenvalue weighted by Crippen LogP contribution is 2.39. The predicted octanol–water partition coefficient (Wildman–Crippen LogP) is 6.35. The Hall–Kier alpha value is -2.96. The third-order valence-corrected chi connectivity index (χ3v) is 6.51. The van der Waals surface area contributed by atoms with E-state index in [0.717, 1.165) is 35.7 Å². The van der Waals surface area contributed by atoms with Gasteiger partial charge in [-0.1, -0.05) is 23.7 Å². The standard InChI is InChI=1S/C27H29ClN2O3S/c1-17-10-18(2)12-22(11-17)33-16-24-23-15-26(32-4)25(31-3)13-19(23)8-9-30(24)27(34)29-21-7-5-6-20(28)14-21/h5-7,10-15,24H,8-9,16H2,1-4H3,(H,29,34). The maximum absolute atomic E-state index is 6.32. The van der Waals surface area contributed by atoms with Crippen molar-refractivity contribution in [1.29, 1.82) is 0 Å². The zero-order valence-electron chi connectivity index (χ0n) is 19.9. The number of hydrogen-bond donors (Lipinski definition) is 1. The van der Waals surface area contributed by atoms with Crippen molar-refractivity contribution < 1.29 is 14.2 Å². The SMILES string of the molecule is COc1cc2c(cc1OC)C(COc1cc(C)cc(C)c1)N(C(=S)Nc1cccc(Cl)c1)CC2. The first-order valence-corrected chi connectivity index (χ1v) is 12.0. The van der Waals surface area contributed by atoms with Crippen LogP contribution in [0.5, 0.6) is 17.2 Å². The summed E-state index contributed by atoms with van der Waals surface area (Å²) in [6.45, 7) is 5.32. The van der Waals surface area contributed by atoms with E-state index in [9.17, 15) is 0 Å². The van der Waals surface area contributed by atoms with Crippen LogP contribution in [0, 0.1) is 13.8 Å². The summed E-state index contributed by atoms with van der Waals surface area (Å²) >= 11 is 12.0. The smallest absolute Gasteiger partial charge is 0.174 e. The van der Waals surface area contributed by atoms with Gasteiger partial charge in [0, 0.05) is 17.3 Å². The normalized spacial score (nSPS) is 14.9. The number of nitrogens with zero attached hydrogens (tertiary/aromatic N) is 1. The van der Waals surface area contributed by atoms with Crippen molar-refractivity contribution in [2.75, 3.05) is 32.7 Å². The molecule has 0 fully saturated rings. The molecule has 7 heteroatoms. The molecule has 0 bridgehead atoms. The fourth-order valence-corrected chi connectivity index (χ4v) is 4.93. The van der Waals surface area contributed by atoms with E-state index < -0.39 is 0 Å². The second-order valence-corrected chi connectivity index (χ2v) is 9.26. The fraction of sp³-hybridized carbons (Fsp3) is 0.296. The summed E-state index contributed by atoms with van der Waals surface area (Å²) in [5.41, 5.74) is 5.50. The van der Waals surface area contributed by atoms with Crippen molar-refractivity contribution in [3.05, 3.63) is 81.9 Å². The van der Waals surface area contributed by atoms with E-state index in [1.54, 1.807) is 14.2 Å². The van der Waals surface area contributed by atoms with Crippen LogP contribution < -0.4 is 19.5 Å². The first-order valence-electron chi connectivity index (χ1n) is 11.2. The Labute approximate surface area is 211 Å². The molecule has 1 aliphatic rings. The lowest BCUT2D eigenvalue weighted by molar-refractivity contribution is 0.190. The van der Waals surface area contributed by atoms with Crippen molar-refractivity contribution in [3.8, 4) is 17.2 Å². The molecule has 34 heavy (non-hydrogen) atoms. The maximum Gasteiger partial charge on any atom is 0.174 e. The van der Waals surface area contributed by atoms with E-state index in [-0.39, 0.29) is 6.04 Å². The molecule has 4 rings (SSSR count). The average Bonchev–Trinajstić information content (AvgIpc) is 2.80. The molecule has 178 valence electrons. The lowest BCUT2D eigenvalue weighted by Crippen LogP contribution is -2.44. The minimum Gasteiger partial charge on any atom is -0.493 e. The largest absolute Gasteiger partial charge is 0.493 e. The topological polar surface area (TPSA) is 43.0 Å². The summed E-state index contributed by atoms with van der Waals surface area (Å²) in [6, 6.07) is 17.8. The van der Waals surface area contributed by atoms with Crippen LogP contribution >= 0.6 is 23.8 Å². The second-order valence-electron chi connectivity index (χ2n) is 8.44. The third-order valence-electron chi connectivity index (χ3n) is 5.94. The summed E-state index contributed by atoms with van der Waals surface area (Å²) in [4.78, 5) is 2.17. The van der Waals surface area contributed by atoms with Crippen molar-refractivity contribution >= 4 is 34.6 Å². The van der Waals surface area contributed by atoms with Crippen molar-refractivity contribution in [1.82, 2.24) is 4.90 Å². The third kappa shape index (κ3) is 5.40. The Balaban J connectivity index is 1.66. The van der Waals surface area contributed by atoms with Gasteiger partial charge in [0.1, 0.15) is 12.4 Å². The van der Waals surface area contributed by atoms with Crippen LogP contribution in [0.15, 0.2) is 54.6 Å². The number of anilines is 1. The van der Waals surface area contributed by atoms with Gasteiger partial charge >= 0.3 is 0 Å². The number of rotatable bonds is 6. The minimum absolute atomic E-state index is 0.108. The number of benzene rings is 3. The van der Waals surface area contributed by atoms with E-state index in [1.807, 2.05) is 30.3 Å². The number of hydrogen-bond acceptors (Lipinski definition) is 4. The number of nitrogens with one attached hydrogen (secondary N) is 1. The fourth-order valence-electron chi connectivity index (χ4n) is 4.40. The maximum atomic E-state index is 6.32. The Morgan fingerprint density at radius 3 is 2.41 bits per heavy atom. The monoisotopic (exact) mass is 496 g/mol. The molecule has 1 atom stereocenters. The lowest BCUT2D eigenvalue weighted by atomic mass is 9.92.